The Kier molecular flexibility index (Phi) is 8.52. The summed E-state index contributed by atoms with van der Waals surface area (Å²) in [7, 11) is 3.25. The van der Waals surface area contributed by atoms with Gasteiger partial charge >= 0.3 is 6.36 Å². The van der Waals surface area contributed by atoms with Gasteiger partial charge in [-0.1, -0.05) is 24.3 Å². The number of nitrogens with zero attached hydrogens (tertiary/aromatic N) is 1. The summed E-state index contributed by atoms with van der Waals surface area (Å²) >= 11 is 0. The number of guanidine groups is 1. The fraction of sp³-hybridized carbons (Fsp3) is 0.333. The molecule has 0 aliphatic heterocycles. The first-order chi connectivity index (χ1) is 14.3. The van der Waals surface area contributed by atoms with E-state index in [1.54, 1.807) is 32.3 Å². The zero-order valence-corrected chi connectivity index (χ0v) is 16.8. The van der Waals surface area contributed by atoms with Gasteiger partial charge in [-0.2, -0.15) is 0 Å². The smallest absolute Gasteiger partial charge is 0.406 e. The summed E-state index contributed by atoms with van der Waals surface area (Å²) in [6, 6.07) is 13.2. The summed E-state index contributed by atoms with van der Waals surface area (Å²) in [6.07, 6.45) is -3.36. The highest BCUT2D eigenvalue weighted by Crippen LogP contribution is 2.22. The first kappa shape index (κ1) is 23.1. The van der Waals surface area contributed by atoms with E-state index < -0.39 is 6.36 Å². The van der Waals surface area contributed by atoms with Crippen molar-refractivity contribution in [1.82, 2.24) is 16.0 Å². The zero-order chi connectivity index (χ0) is 22.0. The third-order valence-corrected chi connectivity index (χ3v) is 4.21. The molecule has 2 rings (SSSR count). The van der Waals surface area contributed by atoms with Crippen molar-refractivity contribution in [3.05, 3.63) is 65.2 Å². The van der Waals surface area contributed by atoms with E-state index in [1.165, 1.54) is 12.1 Å². The van der Waals surface area contributed by atoms with Crippen molar-refractivity contribution in [1.29, 1.82) is 0 Å². The first-order valence-corrected chi connectivity index (χ1v) is 9.41. The molecule has 0 fully saturated rings. The third kappa shape index (κ3) is 8.02. The van der Waals surface area contributed by atoms with Crippen LogP contribution >= 0.6 is 0 Å². The average molecular weight is 422 g/mol. The summed E-state index contributed by atoms with van der Waals surface area (Å²) in [5.41, 5.74) is 2.52. The minimum Gasteiger partial charge on any atom is -0.406 e. The lowest BCUT2D eigenvalue weighted by Gasteiger charge is -2.13. The molecule has 0 saturated carbocycles. The lowest BCUT2D eigenvalue weighted by atomic mass is 10.1. The number of benzene rings is 2. The molecule has 3 N–H and O–H groups in total. The Morgan fingerprint density at radius 1 is 1.00 bits per heavy atom. The summed E-state index contributed by atoms with van der Waals surface area (Å²) in [5.74, 6) is 0.256. The number of hydrogen-bond donors (Lipinski definition) is 3. The molecule has 2 aromatic carbocycles. The minimum atomic E-state index is -4.69. The Balaban J connectivity index is 1.74. The van der Waals surface area contributed by atoms with Crippen LogP contribution in [-0.2, 0) is 12.8 Å². The van der Waals surface area contributed by atoms with Crippen LogP contribution in [0.4, 0.5) is 13.2 Å². The highest BCUT2D eigenvalue weighted by molar-refractivity contribution is 5.94. The van der Waals surface area contributed by atoms with Crippen LogP contribution in [-0.4, -0.2) is 45.4 Å². The topological polar surface area (TPSA) is 74.8 Å². The second kappa shape index (κ2) is 11.1. The monoisotopic (exact) mass is 422 g/mol. The molecular formula is C21H25F3N4O2. The SMILES string of the molecule is CN=C(NCCc1ccc(OC(F)(F)F)cc1)NCCc1cccc(C(=O)NC)c1. The van der Waals surface area contributed by atoms with Crippen LogP contribution in [0.3, 0.4) is 0 Å². The lowest BCUT2D eigenvalue weighted by molar-refractivity contribution is -0.274. The Morgan fingerprint density at radius 2 is 1.63 bits per heavy atom. The van der Waals surface area contributed by atoms with Gasteiger partial charge in [0, 0.05) is 32.7 Å². The normalized spacial score (nSPS) is 11.7. The Morgan fingerprint density at radius 3 is 2.20 bits per heavy atom. The molecule has 0 atom stereocenters. The molecule has 0 radical (unpaired) electrons. The second-order valence-corrected chi connectivity index (χ2v) is 6.40. The highest BCUT2D eigenvalue weighted by Gasteiger charge is 2.30. The maximum absolute atomic E-state index is 12.2. The molecule has 162 valence electrons. The van der Waals surface area contributed by atoms with E-state index in [2.05, 4.69) is 25.7 Å². The molecule has 6 nitrogen and oxygen atoms in total. The van der Waals surface area contributed by atoms with Gasteiger partial charge in [0.15, 0.2) is 5.96 Å². The third-order valence-electron chi connectivity index (χ3n) is 4.21. The van der Waals surface area contributed by atoms with Crippen molar-refractivity contribution < 1.29 is 22.7 Å². The number of halogens is 3. The summed E-state index contributed by atoms with van der Waals surface area (Å²) in [4.78, 5) is 15.8. The predicted octanol–water partition coefficient (Wildman–Crippen LogP) is 2.90. The Labute approximate surface area is 173 Å². The van der Waals surface area contributed by atoms with Gasteiger partial charge in [-0.15, -0.1) is 13.2 Å². The van der Waals surface area contributed by atoms with Crippen molar-refractivity contribution in [2.75, 3.05) is 27.2 Å². The predicted molar refractivity (Wildman–Crippen MR) is 110 cm³/mol. The quantitative estimate of drug-likeness (QED) is 0.452. The number of alkyl halides is 3. The van der Waals surface area contributed by atoms with E-state index in [9.17, 15) is 18.0 Å². The molecule has 0 aromatic heterocycles. The summed E-state index contributed by atoms with van der Waals surface area (Å²) in [5, 5.41) is 8.96. The molecule has 0 saturated heterocycles. The van der Waals surface area contributed by atoms with Crippen LogP contribution in [0.15, 0.2) is 53.5 Å². The van der Waals surface area contributed by atoms with Gasteiger partial charge in [-0.3, -0.25) is 9.79 Å². The molecule has 1 amide bonds. The Hall–Kier alpha value is -3.23. The van der Waals surface area contributed by atoms with Gasteiger partial charge < -0.3 is 20.7 Å². The van der Waals surface area contributed by atoms with Gasteiger partial charge in [0.2, 0.25) is 0 Å². The van der Waals surface area contributed by atoms with Crippen LogP contribution in [0.25, 0.3) is 0 Å². The van der Waals surface area contributed by atoms with Crippen LogP contribution < -0.4 is 20.7 Å². The molecule has 2 aromatic rings. The molecule has 0 spiro atoms. The van der Waals surface area contributed by atoms with Crippen molar-refractivity contribution in [3.8, 4) is 5.75 Å². The van der Waals surface area contributed by atoms with Crippen LogP contribution in [0.2, 0.25) is 0 Å². The number of aliphatic imine (C=N–C) groups is 1. The van der Waals surface area contributed by atoms with Crippen molar-refractivity contribution in [2.45, 2.75) is 19.2 Å². The number of hydrogen-bond acceptors (Lipinski definition) is 3. The number of nitrogens with one attached hydrogen (secondary N) is 3. The van der Waals surface area contributed by atoms with E-state index in [-0.39, 0.29) is 11.7 Å². The van der Waals surface area contributed by atoms with Gasteiger partial charge in [0.1, 0.15) is 5.75 Å². The molecule has 0 aliphatic carbocycles. The molecule has 0 aliphatic rings. The van der Waals surface area contributed by atoms with Crippen molar-refractivity contribution >= 4 is 11.9 Å². The lowest BCUT2D eigenvalue weighted by Crippen LogP contribution is -2.39. The molecule has 0 heterocycles. The number of rotatable bonds is 8. The van der Waals surface area contributed by atoms with Crippen molar-refractivity contribution in [2.24, 2.45) is 4.99 Å². The fourth-order valence-corrected chi connectivity index (χ4v) is 2.74. The van der Waals surface area contributed by atoms with Gasteiger partial charge in [-0.25, -0.2) is 0 Å². The summed E-state index contributed by atoms with van der Waals surface area (Å²) < 4.78 is 40.4. The molecule has 9 heteroatoms. The highest BCUT2D eigenvalue weighted by atomic mass is 19.4. The van der Waals surface area contributed by atoms with E-state index in [4.69, 9.17) is 0 Å². The number of carbonyl (C=O) groups is 1. The molecule has 0 bridgehead atoms. The number of ether oxygens (including phenoxy) is 1. The number of amides is 1. The van der Waals surface area contributed by atoms with Gasteiger partial charge in [0.25, 0.3) is 5.91 Å². The van der Waals surface area contributed by atoms with Gasteiger partial charge in [0.05, 0.1) is 0 Å². The Bertz CT molecular complexity index is 852. The van der Waals surface area contributed by atoms with E-state index in [0.717, 1.165) is 11.1 Å². The second-order valence-electron chi connectivity index (χ2n) is 6.40. The average Bonchev–Trinajstić information content (AvgIpc) is 2.72. The van der Waals surface area contributed by atoms with Crippen LogP contribution in [0.5, 0.6) is 5.75 Å². The fourth-order valence-electron chi connectivity index (χ4n) is 2.74. The standard InChI is InChI=1S/C21H25F3N4O2/c1-25-19(29)17-5-3-4-16(14-17)11-13-28-20(26-2)27-12-10-15-6-8-18(9-7-15)30-21(22,23)24/h3-9,14H,10-13H2,1-2H3,(H,25,29)(H2,26,27,28). The first-order valence-electron chi connectivity index (χ1n) is 9.41. The maximum Gasteiger partial charge on any atom is 0.573 e. The van der Waals surface area contributed by atoms with Crippen LogP contribution in [0.1, 0.15) is 21.5 Å². The van der Waals surface area contributed by atoms with Gasteiger partial charge in [-0.05, 0) is 48.2 Å². The summed E-state index contributed by atoms with van der Waals surface area (Å²) in [6.45, 7) is 1.19. The largest absolute Gasteiger partial charge is 0.573 e. The van der Waals surface area contributed by atoms with E-state index in [0.29, 0.717) is 37.5 Å². The molecule has 0 unspecified atom stereocenters. The van der Waals surface area contributed by atoms with E-state index in [1.807, 2.05) is 18.2 Å². The zero-order valence-electron chi connectivity index (χ0n) is 16.8. The van der Waals surface area contributed by atoms with Crippen molar-refractivity contribution in [3.63, 3.8) is 0 Å². The molecule has 30 heavy (non-hydrogen) atoms. The molecular weight excluding hydrogens is 397 g/mol. The van der Waals surface area contributed by atoms with Crippen LogP contribution in [0, 0.1) is 0 Å². The van der Waals surface area contributed by atoms with E-state index >= 15 is 0 Å². The minimum absolute atomic E-state index is 0.125. The maximum atomic E-state index is 12.2. The number of carbonyl (C=O) groups excluding carboxylic acids is 1.